The highest BCUT2D eigenvalue weighted by Gasteiger charge is 2.51. The maximum absolute atomic E-state index is 6.48. The molecule has 7 rings (SSSR count). The lowest BCUT2D eigenvalue weighted by Crippen LogP contribution is -2.41. The SMILES string of the molecule is CC1(C)OB(c2cc(-c3ccccc3)cc(-c3nc(-c4ccccc4)c4c(ccc5ccccc54)n3)c2)OC1(C)C. The van der Waals surface area contributed by atoms with Gasteiger partial charge in [0.05, 0.1) is 22.4 Å². The van der Waals surface area contributed by atoms with Gasteiger partial charge in [0.1, 0.15) is 0 Å². The summed E-state index contributed by atoms with van der Waals surface area (Å²) >= 11 is 0. The first-order valence-electron chi connectivity index (χ1n) is 14.1. The maximum atomic E-state index is 6.48. The van der Waals surface area contributed by atoms with Crippen LogP contribution in [0.4, 0.5) is 0 Å². The van der Waals surface area contributed by atoms with Crippen LogP contribution in [0.3, 0.4) is 0 Å². The Morgan fingerprint density at radius 1 is 0.561 bits per heavy atom. The third-order valence-electron chi connectivity index (χ3n) is 8.48. The fourth-order valence-electron chi connectivity index (χ4n) is 5.53. The summed E-state index contributed by atoms with van der Waals surface area (Å²) in [6, 6.07) is 39.9. The minimum atomic E-state index is -0.500. The molecule has 0 radical (unpaired) electrons. The number of hydrogen-bond acceptors (Lipinski definition) is 4. The van der Waals surface area contributed by atoms with Crippen molar-refractivity contribution in [3.8, 4) is 33.8 Å². The average Bonchev–Trinajstić information content (AvgIpc) is 3.23. The first kappa shape index (κ1) is 25.6. The Bertz CT molecular complexity index is 1890. The first-order valence-corrected chi connectivity index (χ1v) is 14.1. The zero-order valence-corrected chi connectivity index (χ0v) is 23.8. The van der Waals surface area contributed by atoms with E-state index >= 15 is 0 Å². The third-order valence-corrected chi connectivity index (χ3v) is 8.48. The van der Waals surface area contributed by atoms with Crippen LogP contribution in [0.15, 0.2) is 115 Å². The number of nitrogens with zero attached hydrogens (tertiary/aromatic N) is 2. The van der Waals surface area contributed by atoms with Crippen molar-refractivity contribution in [3.63, 3.8) is 0 Å². The fraction of sp³-hybridized carbons (Fsp3) is 0.167. The molecule has 0 N–H and O–H groups in total. The molecular formula is C36H31BN2O2. The van der Waals surface area contributed by atoms with E-state index in [-0.39, 0.29) is 0 Å². The molecular weight excluding hydrogens is 503 g/mol. The Kier molecular flexibility index (Phi) is 6.04. The van der Waals surface area contributed by atoms with Crippen LogP contribution in [-0.2, 0) is 9.31 Å². The van der Waals surface area contributed by atoms with Gasteiger partial charge in [-0.25, -0.2) is 9.97 Å². The largest absolute Gasteiger partial charge is 0.494 e. The van der Waals surface area contributed by atoms with E-state index in [9.17, 15) is 0 Å². The molecule has 0 amide bonds. The van der Waals surface area contributed by atoms with Crippen LogP contribution in [0, 0.1) is 0 Å². The Morgan fingerprint density at radius 2 is 1.17 bits per heavy atom. The fourth-order valence-corrected chi connectivity index (χ4v) is 5.53. The Hall–Kier alpha value is -4.32. The van der Waals surface area contributed by atoms with Crippen LogP contribution in [0.25, 0.3) is 55.4 Å². The maximum Gasteiger partial charge on any atom is 0.494 e. The summed E-state index contributed by atoms with van der Waals surface area (Å²) in [5, 5.41) is 3.37. The molecule has 1 aromatic heterocycles. The molecule has 2 heterocycles. The van der Waals surface area contributed by atoms with Crippen LogP contribution >= 0.6 is 0 Å². The van der Waals surface area contributed by atoms with Gasteiger partial charge in [0.15, 0.2) is 5.82 Å². The number of benzene rings is 5. The van der Waals surface area contributed by atoms with Crippen molar-refractivity contribution in [2.75, 3.05) is 0 Å². The minimum absolute atomic E-state index is 0.443. The molecule has 1 aliphatic rings. The molecule has 5 aromatic carbocycles. The van der Waals surface area contributed by atoms with Crippen LogP contribution in [0.2, 0.25) is 0 Å². The Morgan fingerprint density at radius 3 is 1.88 bits per heavy atom. The molecule has 6 aromatic rings. The second kappa shape index (κ2) is 9.65. The van der Waals surface area contributed by atoms with Crippen LogP contribution in [0.1, 0.15) is 27.7 Å². The molecule has 0 aliphatic carbocycles. The number of rotatable bonds is 4. The van der Waals surface area contributed by atoms with E-state index in [1.807, 2.05) is 12.1 Å². The summed E-state index contributed by atoms with van der Waals surface area (Å²) in [4.78, 5) is 10.4. The highest BCUT2D eigenvalue weighted by molar-refractivity contribution is 6.62. The number of fused-ring (bicyclic) bond motifs is 3. The van der Waals surface area contributed by atoms with E-state index in [2.05, 4.69) is 131 Å². The van der Waals surface area contributed by atoms with E-state index in [4.69, 9.17) is 19.3 Å². The van der Waals surface area contributed by atoms with Crippen molar-refractivity contribution < 1.29 is 9.31 Å². The van der Waals surface area contributed by atoms with Crippen LogP contribution in [0.5, 0.6) is 0 Å². The van der Waals surface area contributed by atoms with Gasteiger partial charge in [0, 0.05) is 16.5 Å². The predicted octanol–water partition coefficient (Wildman–Crippen LogP) is 8.08. The molecule has 41 heavy (non-hydrogen) atoms. The second-order valence-corrected chi connectivity index (χ2v) is 11.7. The summed E-state index contributed by atoms with van der Waals surface area (Å²) in [5.74, 6) is 0.669. The van der Waals surface area contributed by atoms with E-state index < -0.39 is 18.3 Å². The van der Waals surface area contributed by atoms with Gasteiger partial charge < -0.3 is 9.31 Å². The van der Waals surface area contributed by atoms with Gasteiger partial charge in [-0.2, -0.15) is 0 Å². The van der Waals surface area contributed by atoms with Gasteiger partial charge in [0.2, 0.25) is 0 Å². The van der Waals surface area contributed by atoms with E-state index in [0.717, 1.165) is 49.7 Å². The van der Waals surface area contributed by atoms with E-state index in [0.29, 0.717) is 5.82 Å². The minimum Gasteiger partial charge on any atom is -0.399 e. The Labute approximate surface area is 241 Å². The quantitative estimate of drug-likeness (QED) is 0.169. The van der Waals surface area contributed by atoms with Gasteiger partial charge in [-0.3, -0.25) is 0 Å². The van der Waals surface area contributed by atoms with Crippen molar-refractivity contribution in [1.82, 2.24) is 9.97 Å². The van der Waals surface area contributed by atoms with E-state index in [1.54, 1.807) is 0 Å². The molecule has 0 saturated carbocycles. The zero-order chi connectivity index (χ0) is 28.2. The number of aromatic nitrogens is 2. The van der Waals surface area contributed by atoms with Gasteiger partial charge in [-0.05, 0) is 67.2 Å². The van der Waals surface area contributed by atoms with Crippen LogP contribution < -0.4 is 5.46 Å². The summed E-state index contributed by atoms with van der Waals surface area (Å²) in [7, 11) is -0.500. The van der Waals surface area contributed by atoms with Crippen molar-refractivity contribution in [2.24, 2.45) is 0 Å². The molecule has 200 valence electrons. The molecule has 0 bridgehead atoms. The summed E-state index contributed by atoms with van der Waals surface area (Å²) < 4.78 is 13.0. The van der Waals surface area contributed by atoms with Crippen molar-refractivity contribution >= 4 is 34.3 Å². The van der Waals surface area contributed by atoms with Gasteiger partial charge in [0.25, 0.3) is 0 Å². The monoisotopic (exact) mass is 534 g/mol. The molecule has 1 saturated heterocycles. The average molecular weight is 534 g/mol. The van der Waals surface area contributed by atoms with Crippen LogP contribution in [-0.4, -0.2) is 28.3 Å². The lowest BCUT2D eigenvalue weighted by Gasteiger charge is -2.32. The topological polar surface area (TPSA) is 44.2 Å². The normalized spacial score (nSPS) is 16.0. The van der Waals surface area contributed by atoms with Crippen molar-refractivity contribution in [2.45, 2.75) is 38.9 Å². The highest BCUT2D eigenvalue weighted by atomic mass is 16.7. The zero-order valence-electron chi connectivity index (χ0n) is 23.8. The third kappa shape index (κ3) is 4.52. The van der Waals surface area contributed by atoms with Gasteiger partial charge >= 0.3 is 7.12 Å². The smallest absolute Gasteiger partial charge is 0.399 e. The molecule has 0 unspecified atom stereocenters. The summed E-state index contributed by atoms with van der Waals surface area (Å²) in [6.07, 6.45) is 0. The van der Waals surface area contributed by atoms with Gasteiger partial charge in [-0.15, -0.1) is 0 Å². The Balaban J connectivity index is 1.47. The molecule has 1 fully saturated rings. The van der Waals surface area contributed by atoms with Crippen molar-refractivity contribution in [1.29, 1.82) is 0 Å². The van der Waals surface area contributed by atoms with Crippen molar-refractivity contribution in [3.05, 3.63) is 115 Å². The molecule has 0 atom stereocenters. The lowest BCUT2D eigenvalue weighted by atomic mass is 9.77. The molecule has 1 aliphatic heterocycles. The van der Waals surface area contributed by atoms with Gasteiger partial charge in [-0.1, -0.05) is 103 Å². The number of hydrogen-bond donors (Lipinski definition) is 0. The molecule has 0 spiro atoms. The lowest BCUT2D eigenvalue weighted by molar-refractivity contribution is 0.00578. The standard InChI is InChI=1S/C36H31BN2O2/c1-35(2)36(3,4)41-37(40-35)29-22-27(24-13-7-5-8-14-24)21-28(23-29)34-38-31-20-19-25-15-11-12-18-30(25)32(31)33(39-34)26-16-9-6-10-17-26/h5-23H,1-4H3. The highest BCUT2D eigenvalue weighted by Crippen LogP contribution is 2.38. The summed E-state index contributed by atoms with van der Waals surface area (Å²) in [6.45, 7) is 8.32. The molecule has 4 nitrogen and oxygen atoms in total. The second-order valence-electron chi connectivity index (χ2n) is 11.7. The molecule has 5 heteroatoms. The van der Waals surface area contributed by atoms with E-state index in [1.165, 1.54) is 5.39 Å². The predicted molar refractivity (Wildman–Crippen MR) is 169 cm³/mol. The summed E-state index contributed by atoms with van der Waals surface area (Å²) in [5.41, 5.74) is 6.05. The first-order chi connectivity index (χ1) is 19.8.